The molecule has 0 aliphatic carbocycles. The molecule has 1 aliphatic rings. The van der Waals surface area contributed by atoms with Gasteiger partial charge in [0, 0.05) is 31.2 Å². The van der Waals surface area contributed by atoms with Crippen molar-refractivity contribution in [1.29, 1.82) is 0 Å². The van der Waals surface area contributed by atoms with Gasteiger partial charge in [-0.1, -0.05) is 11.6 Å². The Morgan fingerprint density at radius 3 is 2.62 bits per heavy atom. The molecule has 2 aromatic rings. The van der Waals surface area contributed by atoms with E-state index in [9.17, 15) is 13.2 Å². The first-order valence-electron chi connectivity index (χ1n) is 7.77. The van der Waals surface area contributed by atoms with Crippen LogP contribution in [0.2, 0.25) is 5.02 Å². The van der Waals surface area contributed by atoms with Gasteiger partial charge >= 0.3 is 0 Å². The highest BCUT2D eigenvalue weighted by atomic mass is 35.5. The summed E-state index contributed by atoms with van der Waals surface area (Å²) in [5.74, 6) is 0.691. The minimum absolute atomic E-state index is 0.120. The van der Waals surface area contributed by atoms with Crippen LogP contribution in [0.1, 0.15) is 12.7 Å². The Morgan fingerprint density at radius 1 is 1.25 bits per heavy atom. The molecule has 1 N–H and O–H groups in total. The lowest BCUT2D eigenvalue weighted by Crippen LogP contribution is -2.48. The third-order valence-corrected chi connectivity index (χ3v) is 6.30. The normalized spacial score (nSPS) is 17.4. The number of piperazine rings is 1. The second-order valence-corrected chi connectivity index (χ2v) is 8.44. The smallest absolute Gasteiger partial charge is 0.258 e. The summed E-state index contributed by atoms with van der Waals surface area (Å²) in [5.41, 5.74) is 0.384. The van der Waals surface area contributed by atoms with E-state index in [2.05, 4.69) is 14.9 Å². The lowest BCUT2D eigenvalue weighted by molar-refractivity contribution is 0.178. The van der Waals surface area contributed by atoms with E-state index in [4.69, 9.17) is 11.6 Å². The molecule has 0 bridgehead atoms. The van der Waals surface area contributed by atoms with Crippen molar-refractivity contribution in [3.63, 3.8) is 0 Å². The van der Waals surface area contributed by atoms with Crippen molar-refractivity contribution < 1.29 is 8.42 Å². The minimum Gasteiger partial charge on any atom is -0.309 e. The molecule has 7 nitrogen and oxygen atoms in total. The average Bonchev–Trinajstić information content (AvgIpc) is 2.56. The van der Waals surface area contributed by atoms with Crippen molar-refractivity contribution in [2.45, 2.75) is 13.5 Å². The van der Waals surface area contributed by atoms with E-state index < -0.39 is 10.0 Å². The van der Waals surface area contributed by atoms with Crippen molar-refractivity contribution in [3.05, 3.63) is 39.4 Å². The number of aromatic nitrogens is 2. The Bertz CT molecular complexity index is 905. The molecule has 0 radical (unpaired) electrons. The fraction of sp³-hybridized carbons (Fsp3) is 0.467. The van der Waals surface area contributed by atoms with Crippen molar-refractivity contribution in [3.8, 4) is 0 Å². The Kier molecular flexibility index (Phi) is 4.91. The molecule has 1 aromatic heterocycles. The third-order valence-electron chi connectivity index (χ3n) is 4.18. The van der Waals surface area contributed by atoms with Gasteiger partial charge in [0.25, 0.3) is 5.56 Å². The van der Waals surface area contributed by atoms with Crippen molar-refractivity contribution in [1.82, 2.24) is 19.2 Å². The van der Waals surface area contributed by atoms with Gasteiger partial charge in [0.2, 0.25) is 10.0 Å². The molecule has 2 heterocycles. The first-order valence-corrected chi connectivity index (χ1v) is 9.76. The van der Waals surface area contributed by atoms with Gasteiger partial charge in [0.15, 0.2) is 0 Å². The number of aromatic amines is 1. The van der Waals surface area contributed by atoms with Crippen LogP contribution in [0.5, 0.6) is 0 Å². The summed E-state index contributed by atoms with van der Waals surface area (Å²) in [6.45, 7) is 4.28. The molecular weight excluding hydrogens is 352 g/mol. The van der Waals surface area contributed by atoms with Crippen LogP contribution in [0.4, 0.5) is 0 Å². The second-order valence-electron chi connectivity index (χ2n) is 5.75. The SMILES string of the molecule is CCS(=O)(=O)N1CCN(Cc2nc3ccc(Cl)cc3c(=O)[nH]2)CC1. The Labute approximate surface area is 145 Å². The lowest BCUT2D eigenvalue weighted by Gasteiger charge is -2.33. The number of sulfonamides is 1. The van der Waals surface area contributed by atoms with Crippen LogP contribution in [-0.2, 0) is 16.6 Å². The summed E-state index contributed by atoms with van der Waals surface area (Å²) in [6, 6.07) is 5.03. The number of fused-ring (bicyclic) bond motifs is 1. The number of hydrogen-bond donors (Lipinski definition) is 1. The Hall–Kier alpha value is -1.48. The van der Waals surface area contributed by atoms with Gasteiger partial charge in [-0.2, -0.15) is 4.31 Å². The monoisotopic (exact) mass is 370 g/mol. The molecule has 0 amide bonds. The van der Waals surface area contributed by atoms with Gasteiger partial charge < -0.3 is 4.98 Å². The molecule has 3 rings (SSSR count). The first kappa shape index (κ1) is 17.3. The Morgan fingerprint density at radius 2 is 1.96 bits per heavy atom. The van der Waals surface area contributed by atoms with Gasteiger partial charge in [-0.3, -0.25) is 9.69 Å². The maximum absolute atomic E-state index is 12.2. The van der Waals surface area contributed by atoms with E-state index >= 15 is 0 Å². The lowest BCUT2D eigenvalue weighted by atomic mass is 10.2. The highest BCUT2D eigenvalue weighted by molar-refractivity contribution is 7.89. The predicted octanol–water partition coefficient (Wildman–Crippen LogP) is 1.04. The van der Waals surface area contributed by atoms with Gasteiger partial charge in [0.05, 0.1) is 23.2 Å². The molecule has 0 atom stereocenters. The summed E-state index contributed by atoms with van der Waals surface area (Å²) in [6.07, 6.45) is 0. The van der Waals surface area contributed by atoms with E-state index in [0.29, 0.717) is 54.5 Å². The molecular formula is C15H19ClN4O3S. The van der Waals surface area contributed by atoms with Crippen LogP contribution >= 0.6 is 11.6 Å². The zero-order chi connectivity index (χ0) is 17.3. The number of halogens is 1. The molecule has 0 saturated carbocycles. The number of nitrogens with zero attached hydrogens (tertiary/aromatic N) is 3. The maximum atomic E-state index is 12.2. The highest BCUT2D eigenvalue weighted by Gasteiger charge is 2.25. The number of hydrogen-bond acceptors (Lipinski definition) is 5. The van der Waals surface area contributed by atoms with Gasteiger partial charge in [-0.15, -0.1) is 0 Å². The zero-order valence-corrected chi connectivity index (χ0v) is 14.9. The summed E-state index contributed by atoms with van der Waals surface area (Å²) >= 11 is 5.91. The van der Waals surface area contributed by atoms with Gasteiger partial charge in [-0.25, -0.2) is 13.4 Å². The molecule has 1 aromatic carbocycles. The van der Waals surface area contributed by atoms with Crippen LogP contribution in [0.25, 0.3) is 10.9 Å². The van der Waals surface area contributed by atoms with Crippen molar-refractivity contribution >= 4 is 32.5 Å². The van der Waals surface area contributed by atoms with Crippen LogP contribution < -0.4 is 5.56 Å². The molecule has 130 valence electrons. The Balaban J connectivity index is 1.73. The van der Waals surface area contributed by atoms with Crippen LogP contribution in [0, 0.1) is 0 Å². The molecule has 1 saturated heterocycles. The van der Waals surface area contributed by atoms with Crippen LogP contribution in [0.15, 0.2) is 23.0 Å². The molecule has 1 fully saturated rings. The molecule has 9 heteroatoms. The number of benzene rings is 1. The van der Waals surface area contributed by atoms with E-state index in [-0.39, 0.29) is 11.3 Å². The number of rotatable bonds is 4. The maximum Gasteiger partial charge on any atom is 0.258 e. The summed E-state index contributed by atoms with van der Waals surface area (Å²) in [5, 5.41) is 0.959. The minimum atomic E-state index is -3.14. The van der Waals surface area contributed by atoms with Crippen LogP contribution in [0.3, 0.4) is 0 Å². The average molecular weight is 371 g/mol. The summed E-state index contributed by atoms with van der Waals surface area (Å²) < 4.78 is 25.3. The van der Waals surface area contributed by atoms with E-state index in [1.807, 2.05) is 0 Å². The van der Waals surface area contributed by atoms with Gasteiger partial charge in [0.1, 0.15) is 5.82 Å². The van der Waals surface area contributed by atoms with Gasteiger partial charge in [-0.05, 0) is 25.1 Å². The fourth-order valence-electron chi connectivity index (χ4n) is 2.79. The molecule has 1 aliphatic heterocycles. The standard InChI is InChI=1S/C15H19ClN4O3S/c1-2-24(22,23)20-7-5-19(6-8-20)10-14-17-13-4-3-11(16)9-12(13)15(21)18-14/h3-4,9H,2,5-8,10H2,1H3,(H,17,18,21). The molecule has 0 unspecified atom stereocenters. The van der Waals surface area contributed by atoms with Crippen molar-refractivity contribution in [2.75, 3.05) is 31.9 Å². The van der Waals surface area contributed by atoms with Crippen LogP contribution in [-0.4, -0.2) is 59.5 Å². The predicted molar refractivity (Wildman–Crippen MR) is 93.7 cm³/mol. The van der Waals surface area contributed by atoms with E-state index in [1.54, 1.807) is 25.1 Å². The highest BCUT2D eigenvalue weighted by Crippen LogP contribution is 2.15. The van der Waals surface area contributed by atoms with E-state index in [0.717, 1.165) is 0 Å². The summed E-state index contributed by atoms with van der Waals surface area (Å²) in [4.78, 5) is 21.5. The summed E-state index contributed by atoms with van der Waals surface area (Å²) in [7, 11) is -3.14. The fourth-order valence-corrected chi connectivity index (χ4v) is 4.05. The molecule has 24 heavy (non-hydrogen) atoms. The topological polar surface area (TPSA) is 86.4 Å². The molecule has 0 spiro atoms. The third kappa shape index (κ3) is 3.61. The zero-order valence-electron chi connectivity index (χ0n) is 13.3. The second kappa shape index (κ2) is 6.79. The first-order chi connectivity index (χ1) is 11.4. The number of H-pyrrole nitrogens is 1. The van der Waals surface area contributed by atoms with Crippen molar-refractivity contribution in [2.24, 2.45) is 0 Å². The van der Waals surface area contributed by atoms with E-state index in [1.165, 1.54) is 4.31 Å². The number of nitrogens with one attached hydrogen (secondary N) is 1. The largest absolute Gasteiger partial charge is 0.309 e. The quantitative estimate of drug-likeness (QED) is 0.869.